The Labute approximate surface area is 144 Å². The molecular formula is C18H20F2N2O3. The van der Waals surface area contributed by atoms with Crippen molar-refractivity contribution in [2.75, 3.05) is 20.2 Å². The van der Waals surface area contributed by atoms with Crippen LogP contribution in [0.25, 0.3) is 0 Å². The third-order valence-corrected chi connectivity index (χ3v) is 4.17. The lowest BCUT2D eigenvalue weighted by molar-refractivity contribution is -0.0278. The lowest BCUT2D eigenvalue weighted by Crippen LogP contribution is -2.48. The van der Waals surface area contributed by atoms with Crippen molar-refractivity contribution in [3.63, 3.8) is 0 Å². The van der Waals surface area contributed by atoms with Gasteiger partial charge < -0.3 is 14.6 Å². The van der Waals surface area contributed by atoms with Crippen molar-refractivity contribution in [3.05, 3.63) is 53.7 Å². The fourth-order valence-electron chi connectivity index (χ4n) is 3.00. The van der Waals surface area contributed by atoms with Gasteiger partial charge in [0.25, 0.3) is 0 Å². The average molecular weight is 350 g/mol. The fraction of sp³-hybridized carbons (Fsp3) is 0.389. The van der Waals surface area contributed by atoms with Gasteiger partial charge in [-0.3, -0.25) is 4.90 Å². The summed E-state index contributed by atoms with van der Waals surface area (Å²) in [7, 11) is 1.57. The van der Waals surface area contributed by atoms with E-state index in [1.807, 2.05) is 12.1 Å². The summed E-state index contributed by atoms with van der Waals surface area (Å²) in [4.78, 5) is 6.23. The summed E-state index contributed by atoms with van der Waals surface area (Å²) in [5.74, 6) is -0.759. The van der Waals surface area contributed by atoms with Gasteiger partial charge in [0.15, 0.2) is 0 Å². The normalized spacial score (nSPS) is 21.1. The van der Waals surface area contributed by atoms with Gasteiger partial charge in [0.05, 0.1) is 7.11 Å². The predicted molar refractivity (Wildman–Crippen MR) is 87.5 cm³/mol. The van der Waals surface area contributed by atoms with Crippen molar-refractivity contribution in [1.29, 1.82) is 0 Å². The van der Waals surface area contributed by atoms with E-state index in [1.54, 1.807) is 13.3 Å². The number of nitrogens with zero attached hydrogens (tertiary/aromatic N) is 2. The summed E-state index contributed by atoms with van der Waals surface area (Å²) in [6.07, 6.45) is 0.938. The average Bonchev–Trinajstić information content (AvgIpc) is 2.57. The minimum absolute atomic E-state index is 0.0870. The molecule has 1 aliphatic rings. The minimum atomic E-state index is -0.761. The van der Waals surface area contributed by atoms with Gasteiger partial charge in [-0.15, -0.1) is 0 Å². The predicted octanol–water partition coefficient (Wildman–Crippen LogP) is 2.38. The summed E-state index contributed by atoms with van der Waals surface area (Å²) in [6, 6.07) is 6.78. The van der Waals surface area contributed by atoms with Crippen LogP contribution in [0.4, 0.5) is 8.78 Å². The molecule has 2 atom stereocenters. The number of aliphatic hydroxyl groups excluding tert-OH is 1. The number of benzene rings is 1. The molecule has 1 aromatic heterocycles. The van der Waals surface area contributed by atoms with Crippen LogP contribution < -0.4 is 9.47 Å². The molecular weight excluding hydrogens is 330 g/mol. The maximum Gasteiger partial charge on any atom is 0.217 e. The van der Waals surface area contributed by atoms with Crippen molar-refractivity contribution in [2.45, 2.75) is 25.2 Å². The molecule has 1 aliphatic heterocycles. The maximum atomic E-state index is 13.2. The molecule has 2 aromatic rings. The third kappa shape index (κ3) is 4.43. The van der Waals surface area contributed by atoms with Gasteiger partial charge in [-0.2, -0.15) is 0 Å². The molecule has 0 radical (unpaired) electrons. The highest BCUT2D eigenvalue weighted by Crippen LogP contribution is 2.23. The van der Waals surface area contributed by atoms with Crippen LogP contribution >= 0.6 is 0 Å². The Hall–Kier alpha value is -2.25. The van der Waals surface area contributed by atoms with E-state index >= 15 is 0 Å². The molecule has 25 heavy (non-hydrogen) atoms. The number of pyridine rings is 1. The van der Waals surface area contributed by atoms with Crippen LogP contribution in [0, 0.1) is 11.6 Å². The zero-order valence-electron chi connectivity index (χ0n) is 13.9. The first-order valence-electron chi connectivity index (χ1n) is 8.06. The number of piperidine rings is 1. The number of methoxy groups -OCH3 is 1. The second-order valence-electron chi connectivity index (χ2n) is 6.02. The Kier molecular flexibility index (Phi) is 5.45. The number of halogens is 2. The number of likely N-dealkylation sites (tertiary alicyclic amines) is 1. The number of rotatable bonds is 5. The minimum Gasteiger partial charge on any atom is -0.487 e. The summed E-state index contributed by atoms with van der Waals surface area (Å²) < 4.78 is 37.3. The molecule has 134 valence electrons. The van der Waals surface area contributed by atoms with Crippen molar-refractivity contribution >= 4 is 0 Å². The monoisotopic (exact) mass is 350 g/mol. The lowest BCUT2D eigenvalue weighted by atomic mass is 10.0. The SMILES string of the molecule is COc1ncccc1CN1CC[C@@H](Oc2cc(F)cc(F)c2)[C@H](O)C1. The van der Waals surface area contributed by atoms with Crippen molar-refractivity contribution in [1.82, 2.24) is 9.88 Å². The second-order valence-corrected chi connectivity index (χ2v) is 6.02. The molecule has 0 aliphatic carbocycles. The highest BCUT2D eigenvalue weighted by Gasteiger charge is 2.30. The number of hydrogen-bond acceptors (Lipinski definition) is 5. The fourth-order valence-corrected chi connectivity index (χ4v) is 3.00. The number of β-amino-alcohol motifs (C(OH)–C–C–N with tert-alkyl or cyclic N) is 1. The molecule has 1 N–H and O–H groups in total. The summed E-state index contributed by atoms with van der Waals surface area (Å²) in [5.41, 5.74) is 0.934. The molecule has 1 aromatic carbocycles. The van der Waals surface area contributed by atoms with Crippen LogP contribution in [0.2, 0.25) is 0 Å². The van der Waals surface area contributed by atoms with E-state index in [9.17, 15) is 13.9 Å². The van der Waals surface area contributed by atoms with Crippen LogP contribution in [-0.4, -0.2) is 47.4 Å². The molecule has 0 saturated carbocycles. The van der Waals surface area contributed by atoms with Crippen molar-refractivity contribution < 1.29 is 23.4 Å². The van der Waals surface area contributed by atoms with Crippen molar-refractivity contribution in [3.8, 4) is 11.6 Å². The van der Waals surface area contributed by atoms with E-state index in [0.29, 0.717) is 31.9 Å². The van der Waals surface area contributed by atoms with E-state index in [4.69, 9.17) is 9.47 Å². The first kappa shape index (κ1) is 17.6. The number of hydrogen-bond donors (Lipinski definition) is 1. The van der Waals surface area contributed by atoms with E-state index < -0.39 is 23.8 Å². The van der Waals surface area contributed by atoms with Gasteiger partial charge in [0.2, 0.25) is 5.88 Å². The number of aromatic nitrogens is 1. The summed E-state index contributed by atoms with van der Waals surface area (Å²) >= 11 is 0. The van der Waals surface area contributed by atoms with E-state index in [-0.39, 0.29) is 5.75 Å². The van der Waals surface area contributed by atoms with Crippen LogP contribution in [0.5, 0.6) is 11.6 Å². The first-order valence-corrected chi connectivity index (χ1v) is 8.06. The van der Waals surface area contributed by atoms with E-state index in [0.717, 1.165) is 23.8 Å². The van der Waals surface area contributed by atoms with Gasteiger partial charge in [-0.1, -0.05) is 6.07 Å². The Morgan fingerprint density at radius 3 is 2.72 bits per heavy atom. The molecule has 1 fully saturated rings. The van der Waals surface area contributed by atoms with Gasteiger partial charge in [0.1, 0.15) is 29.6 Å². The number of aliphatic hydroxyl groups is 1. The lowest BCUT2D eigenvalue weighted by Gasteiger charge is -2.36. The quantitative estimate of drug-likeness (QED) is 0.897. The highest BCUT2D eigenvalue weighted by atomic mass is 19.1. The first-order chi connectivity index (χ1) is 12.0. The van der Waals surface area contributed by atoms with Gasteiger partial charge >= 0.3 is 0 Å². The van der Waals surface area contributed by atoms with Crippen LogP contribution in [0.15, 0.2) is 36.5 Å². The zero-order valence-corrected chi connectivity index (χ0v) is 13.9. The molecule has 0 amide bonds. The molecule has 5 nitrogen and oxygen atoms in total. The number of ether oxygens (including phenoxy) is 2. The Balaban J connectivity index is 1.60. The summed E-state index contributed by atoms with van der Waals surface area (Å²) in [6.45, 7) is 1.66. The van der Waals surface area contributed by atoms with Crippen LogP contribution in [0.1, 0.15) is 12.0 Å². The zero-order chi connectivity index (χ0) is 17.8. The summed E-state index contributed by atoms with van der Waals surface area (Å²) in [5, 5.41) is 10.3. The van der Waals surface area contributed by atoms with Crippen molar-refractivity contribution in [2.24, 2.45) is 0 Å². The van der Waals surface area contributed by atoms with Gasteiger partial charge in [-0.05, 0) is 12.5 Å². The van der Waals surface area contributed by atoms with Gasteiger partial charge in [0, 0.05) is 49.6 Å². The smallest absolute Gasteiger partial charge is 0.217 e. The molecule has 1 saturated heterocycles. The van der Waals surface area contributed by atoms with E-state index in [1.165, 1.54) is 0 Å². The molecule has 0 spiro atoms. The Morgan fingerprint density at radius 2 is 2.04 bits per heavy atom. The molecule has 0 unspecified atom stereocenters. The molecule has 7 heteroatoms. The highest BCUT2D eigenvalue weighted by molar-refractivity contribution is 5.26. The third-order valence-electron chi connectivity index (χ3n) is 4.17. The Bertz CT molecular complexity index is 709. The van der Waals surface area contributed by atoms with Gasteiger partial charge in [-0.25, -0.2) is 13.8 Å². The van der Waals surface area contributed by atoms with Crippen LogP contribution in [0.3, 0.4) is 0 Å². The standard InChI is InChI=1S/C18H20F2N2O3/c1-24-18-12(3-2-5-21-18)10-22-6-4-17(16(23)11-22)25-15-8-13(19)7-14(20)9-15/h2-3,5,7-9,16-17,23H,4,6,10-11H2,1H3/t16-,17-/m1/s1. The van der Waals surface area contributed by atoms with Crippen LogP contribution in [-0.2, 0) is 6.54 Å². The molecule has 2 heterocycles. The molecule has 0 bridgehead atoms. The second kappa shape index (κ2) is 7.76. The Morgan fingerprint density at radius 1 is 1.28 bits per heavy atom. The topological polar surface area (TPSA) is 54.8 Å². The molecule has 3 rings (SSSR count). The van der Waals surface area contributed by atoms with E-state index in [2.05, 4.69) is 9.88 Å². The maximum absolute atomic E-state index is 13.2. The largest absolute Gasteiger partial charge is 0.487 e.